The molecule has 0 aromatic heterocycles. The van der Waals surface area contributed by atoms with Crippen LogP contribution in [-0.4, -0.2) is 48.3 Å². The van der Waals surface area contributed by atoms with Crippen LogP contribution in [0, 0.1) is 33.3 Å². The third-order valence-corrected chi connectivity index (χ3v) is 8.59. The van der Waals surface area contributed by atoms with Crippen molar-refractivity contribution in [2.75, 3.05) is 31.2 Å². The summed E-state index contributed by atoms with van der Waals surface area (Å²) in [6.07, 6.45) is 7.88. The second-order valence-electron chi connectivity index (χ2n) is 10.5. The SMILES string of the molecule is C[C@@H](NC(=S)NC(=O)c1cc([N+](=O)[O-])ccc1N1CCOCC1)C12CC3CC(CC(C3)C1)C2. The van der Waals surface area contributed by atoms with Crippen molar-refractivity contribution >= 4 is 34.6 Å². The van der Waals surface area contributed by atoms with Crippen LogP contribution in [0.2, 0.25) is 0 Å². The van der Waals surface area contributed by atoms with Gasteiger partial charge in [0.15, 0.2) is 5.11 Å². The number of rotatable bonds is 5. The summed E-state index contributed by atoms with van der Waals surface area (Å²) >= 11 is 5.54. The number of anilines is 1. The van der Waals surface area contributed by atoms with Crippen molar-refractivity contribution in [3.8, 4) is 0 Å². The number of non-ortho nitro benzene ring substituents is 1. The maximum Gasteiger partial charge on any atom is 0.270 e. The minimum Gasteiger partial charge on any atom is -0.378 e. The number of nitro groups is 1. The molecule has 8 nitrogen and oxygen atoms in total. The molecule has 178 valence electrons. The first-order chi connectivity index (χ1) is 15.8. The van der Waals surface area contributed by atoms with Crippen LogP contribution < -0.4 is 15.5 Å². The Morgan fingerprint density at radius 1 is 1.18 bits per heavy atom. The van der Waals surface area contributed by atoms with E-state index in [9.17, 15) is 14.9 Å². The first kappa shape index (κ1) is 22.5. The first-order valence-corrected chi connectivity index (χ1v) is 12.5. The van der Waals surface area contributed by atoms with Crippen molar-refractivity contribution in [3.63, 3.8) is 0 Å². The molecule has 4 saturated carbocycles. The van der Waals surface area contributed by atoms with Gasteiger partial charge in [0.2, 0.25) is 0 Å². The number of benzene rings is 1. The van der Waals surface area contributed by atoms with Gasteiger partial charge in [-0.05, 0) is 86.9 Å². The van der Waals surface area contributed by atoms with Gasteiger partial charge >= 0.3 is 0 Å². The highest BCUT2D eigenvalue weighted by Crippen LogP contribution is 2.61. The highest BCUT2D eigenvalue weighted by Gasteiger charge is 2.53. The smallest absolute Gasteiger partial charge is 0.270 e. The summed E-state index contributed by atoms with van der Waals surface area (Å²) in [5.74, 6) is 2.09. The lowest BCUT2D eigenvalue weighted by Crippen LogP contribution is -2.57. The van der Waals surface area contributed by atoms with Crippen molar-refractivity contribution in [2.24, 2.45) is 23.2 Å². The molecule has 6 rings (SSSR count). The molecular formula is C24H32N4O4S. The second kappa shape index (κ2) is 8.83. The molecule has 1 atom stereocenters. The number of carbonyl (C=O) groups is 1. The van der Waals surface area contributed by atoms with E-state index >= 15 is 0 Å². The van der Waals surface area contributed by atoms with Crippen LogP contribution in [-0.2, 0) is 4.74 Å². The molecule has 5 fully saturated rings. The molecule has 4 bridgehead atoms. The lowest BCUT2D eigenvalue weighted by molar-refractivity contribution is -0.384. The Kier molecular flexibility index (Phi) is 6.03. The first-order valence-electron chi connectivity index (χ1n) is 12.1. The summed E-state index contributed by atoms with van der Waals surface area (Å²) in [5.41, 5.74) is 1.07. The predicted octanol–water partition coefficient (Wildman–Crippen LogP) is 3.64. The number of thiocarbonyl (C=S) groups is 1. The van der Waals surface area contributed by atoms with E-state index in [-0.39, 0.29) is 22.7 Å². The lowest BCUT2D eigenvalue weighted by Gasteiger charge is -2.59. The van der Waals surface area contributed by atoms with Crippen LogP contribution >= 0.6 is 12.2 Å². The van der Waals surface area contributed by atoms with Gasteiger partial charge in [-0.2, -0.15) is 0 Å². The van der Waals surface area contributed by atoms with Gasteiger partial charge in [-0.25, -0.2) is 0 Å². The van der Waals surface area contributed by atoms with E-state index in [0.717, 1.165) is 17.8 Å². The third-order valence-electron chi connectivity index (χ3n) is 8.37. The maximum absolute atomic E-state index is 13.2. The number of morpholine rings is 1. The fourth-order valence-electron chi connectivity index (χ4n) is 7.16. The van der Waals surface area contributed by atoms with Crippen molar-refractivity contribution in [1.29, 1.82) is 0 Å². The maximum atomic E-state index is 13.2. The van der Waals surface area contributed by atoms with Crippen LogP contribution in [0.4, 0.5) is 11.4 Å². The van der Waals surface area contributed by atoms with Crippen molar-refractivity contribution < 1.29 is 14.5 Å². The van der Waals surface area contributed by atoms with Crippen molar-refractivity contribution in [2.45, 2.75) is 51.5 Å². The number of hydrogen-bond donors (Lipinski definition) is 2. The zero-order valence-electron chi connectivity index (χ0n) is 19.0. The third kappa shape index (κ3) is 4.45. The monoisotopic (exact) mass is 472 g/mol. The zero-order valence-corrected chi connectivity index (χ0v) is 19.9. The van der Waals surface area contributed by atoms with E-state index in [2.05, 4.69) is 17.6 Å². The van der Waals surface area contributed by atoms with Gasteiger partial charge in [-0.3, -0.25) is 20.2 Å². The molecule has 2 N–H and O–H groups in total. The molecule has 1 aliphatic heterocycles. The number of nitrogens with zero attached hydrogens (tertiary/aromatic N) is 2. The number of nitrogens with one attached hydrogen (secondary N) is 2. The lowest BCUT2D eigenvalue weighted by atomic mass is 9.48. The summed E-state index contributed by atoms with van der Waals surface area (Å²) in [5, 5.41) is 17.8. The fourth-order valence-corrected chi connectivity index (χ4v) is 7.43. The molecule has 1 amide bonds. The largest absolute Gasteiger partial charge is 0.378 e. The molecule has 9 heteroatoms. The Morgan fingerprint density at radius 2 is 1.79 bits per heavy atom. The standard InChI is InChI=1S/C24H32N4O4S/c1-15(24-12-16-8-17(13-24)10-18(9-16)14-24)25-23(33)26-22(29)20-11-19(28(30)31)2-3-21(20)27-4-6-32-7-5-27/h2-3,11,15-18H,4-10,12-14H2,1H3,(H2,25,26,29,33)/t15-,16?,17?,18?,24?/m1/s1. The molecule has 33 heavy (non-hydrogen) atoms. The molecule has 5 aliphatic rings. The van der Waals surface area contributed by atoms with Gasteiger partial charge in [-0.1, -0.05) is 0 Å². The Balaban J connectivity index is 1.29. The summed E-state index contributed by atoms with van der Waals surface area (Å²) in [6.45, 7) is 4.56. The van der Waals surface area contributed by atoms with E-state index in [1.807, 2.05) is 4.90 Å². The number of nitro benzene ring substituents is 1. The van der Waals surface area contributed by atoms with E-state index in [0.29, 0.717) is 37.1 Å². The van der Waals surface area contributed by atoms with E-state index in [4.69, 9.17) is 17.0 Å². The van der Waals surface area contributed by atoms with Crippen LogP contribution in [0.15, 0.2) is 18.2 Å². The molecule has 1 saturated heterocycles. The van der Waals surface area contributed by atoms with Gasteiger partial charge in [0.25, 0.3) is 11.6 Å². The van der Waals surface area contributed by atoms with Gasteiger partial charge in [0.05, 0.1) is 29.4 Å². The summed E-state index contributed by atoms with van der Waals surface area (Å²) in [6, 6.07) is 4.60. The topological polar surface area (TPSA) is 96.7 Å². The summed E-state index contributed by atoms with van der Waals surface area (Å²) in [4.78, 5) is 26.1. The number of carbonyl (C=O) groups excluding carboxylic acids is 1. The average Bonchev–Trinajstić information content (AvgIpc) is 2.78. The molecule has 4 aliphatic carbocycles. The Hall–Kier alpha value is -2.26. The quantitative estimate of drug-likeness (QED) is 0.384. The molecule has 0 spiro atoms. The number of hydrogen-bond acceptors (Lipinski definition) is 6. The normalized spacial score (nSPS) is 31.2. The van der Waals surface area contributed by atoms with Crippen LogP contribution in [0.5, 0.6) is 0 Å². The minimum absolute atomic E-state index is 0.113. The number of ether oxygens (including phenoxy) is 1. The van der Waals surface area contributed by atoms with Gasteiger partial charge in [0, 0.05) is 31.3 Å². The van der Waals surface area contributed by atoms with E-state index in [1.165, 1.54) is 50.7 Å². The molecule has 0 radical (unpaired) electrons. The Labute approximate surface area is 199 Å². The molecule has 1 aromatic rings. The van der Waals surface area contributed by atoms with Gasteiger partial charge in [-0.15, -0.1) is 0 Å². The van der Waals surface area contributed by atoms with E-state index in [1.54, 1.807) is 6.07 Å². The van der Waals surface area contributed by atoms with E-state index < -0.39 is 10.8 Å². The fraction of sp³-hybridized carbons (Fsp3) is 0.667. The Bertz CT molecular complexity index is 926. The predicted molar refractivity (Wildman–Crippen MR) is 129 cm³/mol. The molecule has 0 unspecified atom stereocenters. The van der Waals surface area contributed by atoms with Crippen LogP contribution in [0.25, 0.3) is 0 Å². The van der Waals surface area contributed by atoms with Gasteiger partial charge in [0.1, 0.15) is 0 Å². The summed E-state index contributed by atoms with van der Waals surface area (Å²) < 4.78 is 5.41. The van der Waals surface area contributed by atoms with Crippen LogP contribution in [0.3, 0.4) is 0 Å². The number of amides is 1. The molecular weight excluding hydrogens is 440 g/mol. The highest BCUT2D eigenvalue weighted by molar-refractivity contribution is 7.80. The van der Waals surface area contributed by atoms with Gasteiger partial charge < -0.3 is 15.0 Å². The summed E-state index contributed by atoms with van der Waals surface area (Å²) in [7, 11) is 0. The van der Waals surface area contributed by atoms with Crippen molar-refractivity contribution in [1.82, 2.24) is 10.6 Å². The zero-order chi connectivity index (χ0) is 23.2. The molecule has 1 aromatic carbocycles. The minimum atomic E-state index is -0.481. The second-order valence-corrected chi connectivity index (χ2v) is 10.9. The van der Waals surface area contributed by atoms with Crippen molar-refractivity contribution in [3.05, 3.63) is 33.9 Å². The molecule has 1 heterocycles. The van der Waals surface area contributed by atoms with Crippen LogP contribution in [0.1, 0.15) is 55.8 Å². The Morgan fingerprint density at radius 3 is 2.36 bits per heavy atom. The highest BCUT2D eigenvalue weighted by atomic mass is 32.1. The average molecular weight is 473 g/mol.